The fourth-order valence-corrected chi connectivity index (χ4v) is 3.18. The van der Waals surface area contributed by atoms with E-state index in [9.17, 15) is 4.79 Å². The molecule has 1 unspecified atom stereocenters. The molecular formula is C17H23NO. The Morgan fingerprint density at radius 1 is 1.37 bits per heavy atom. The Morgan fingerprint density at radius 3 is 2.84 bits per heavy atom. The van der Waals surface area contributed by atoms with Gasteiger partial charge in [0.15, 0.2) is 0 Å². The van der Waals surface area contributed by atoms with Crippen molar-refractivity contribution in [3.63, 3.8) is 0 Å². The predicted octanol–water partition coefficient (Wildman–Crippen LogP) is 3.85. The standard InChI is InChI=1S/C17H23NO/c1-13-4-2-5-15(12-13)16(10-9-14-7-8-14)18-11-3-6-17(18)19/h2,4-5,12,14,16H,3,6-11H2,1H3. The molecule has 1 saturated heterocycles. The molecule has 0 radical (unpaired) electrons. The maximum absolute atomic E-state index is 12.1. The zero-order chi connectivity index (χ0) is 13.2. The van der Waals surface area contributed by atoms with Crippen molar-refractivity contribution in [2.75, 3.05) is 6.54 Å². The minimum Gasteiger partial charge on any atom is -0.336 e. The van der Waals surface area contributed by atoms with Crippen LogP contribution < -0.4 is 0 Å². The van der Waals surface area contributed by atoms with Gasteiger partial charge in [0, 0.05) is 13.0 Å². The van der Waals surface area contributed by atoms with Gasteiger partial charge in [-0.3, -0.25) is 4.79 Å². The van der Waals surface area contributed by atoms with Crippen molar-refractivity contribution in [1.82, 2.24) is 4.90 Å². The first-order valence-electron chi connectivity index (χ1n) is 7.60. The number of amides is 1. The van der Waals surface area contributed by atoms with Gasteiger partial charge in [0.05, 0.1) is 6.04 Å². The van der Waals surface area contributed by atoms with Crippen LogP contribution in [0.1, 0.15) is 55.7 Å². The highest BCUT2D eigenvalue weighted by Crippen LogP contribution is 2.38. The summed E-state index contributed by atoms with van der Waals surface area (Å²) in [5.74, 6) is 1.28. The second kappa shape index (κ2) is 5.36. The van der Waals surface area contributed by atoms with Crippen molar-refractivity contribution in [2.45, 2.75) is 51.5 Å². The first-order chi connectivity index (χ1) is 9.24. The van der Waals surface area contributed by atoms with E-state index in [2.05, 4.69) is 36.1 Å². The summed E-state index contributed by atoms with van der Waals surface area (Å²) in [6.45, 7) is 3.08. The number of benzene rings is 1. The van der Waals surface area contributed by atoms with Gasteiger partial charge in [-0.05, 0) is 37.7 Å². The van der Waals surface area contributed by atoms with Crippen LogP contribution >= 0.6 is 0 Å². The van der Waals surface area contributed by atoms with Gasteiger partial charge in [-0.25, -0.2) is 0 Å². The Balaban J connectivity index is 1.79. The molecule has 3 rings (SSSR count). The molecule has 1 aliphatic carbocycles. The average Bonchev–Trinajstić information content (AvgIpc) is 3.13. The number of hydrogen-bond donors (Lipinski definition) is 0. The second-order valence-electron chi connectivity index (χ2n) is 6.14. The summed E-state index contributed by atoms with van der Waals surface area (Å²) in [7, 11) is 0. The van der Waals surface area contributed by atoms with Crippen molar-refractivity contribution in [3.05, 3.63) is 35.4 Å². The number of likely N-dealkylation sites (tertiary alicyclic amines) is 1. The van der Waals surface area contributed by atoms with Crippen LogP contribution in [0.5, 0.6) is 0 Å². The summed E-state index contributed by atoms with van der Waals surface area (Å²) in [4.78, 5) is 14.2. The summed E-state index contributed by atoms with van der Waals surface area (Å²) in [5.41, 5.74) is 2.62. The summed E-state index contributed by atoms with van der Waals surface area (Å²) in [6, 6.07) is 9.01. The smallest absolute Gasteiger partial charge is 0.223 e. The van der Waals surface area contributed by atoms with Gasteiger partial charge in [0.25, 0.3) is 0 Å². The molecule has 0 bridgehead atoms. The highest BCUT2D eigenvalue weighted by Gasteiger charge is 2.31. The highest BCUT2D eigenvalue weighted by molar-refractivity contribution is 5.78. The Labute approximate surface area is 115 Å². The SMILES string of the molecule is Cc1cccc(C(CCC2CC2)N2CCCC2=O)c1. The lowest BCUT2D eigenvalue weighted by Gasteiger charge is -2.28. The van der Waals surface area contributed by atoms with E-state index in [0.717, 1.165) is 31.7 Å². The second-order valence-corrected chi connectivity index (χ2v) is 6.14. The molecule has 1 aromatic carbocycles. The molecule has 102 valence electrons. The Bertz CT molecular complexity index is 464. The van der Waals surface area contributed by atoms with E-state index in [-0.39, 0.29) is 0 Å². The number of aryl methyl sites for hydroxylation is 1. The fraction of sp³-hybridized carbons (Fsp3) is 0.588. The molecule has 2 aliphatic rings. The Kier molecular flexibility index (Phi) is 3.58. The number of carbonyl (C=O) groups is 1. The lowest BCUT2D eigenvalue weighted by Crippen LogP contribution is -2.30. The molecule has 1 aromatic rings. The lowest BCUT2D eigenvalue weighted by molar-refractivity contribution is -0.130. The zero-order valence-electron chi connectivity index (χ0n) is 11.8. The van der Waals surface area contributed by atoms with Crippen LogP contribution in [0.25, 0.3) is 0 Å². The molecule has 2 fully saturated rings. The molecular weight excluding hydrogens is 234 g/mol. The highest BCUT2D eigenvalue weighted by atomic mass is 16.2. The molecule has 1 atom stereocenters. The summed E-state index contributed by atoms with van der Waals surface area (Å²) < 4.78 is 0. The van der Waals surface area contributed by atoms with Gasteiger partial charge < -0.3 is 4.90 Å². The molecule has 2 nitrogen and oxygen atoms in total. The minimum atomic E-state index is 0.315. The topological polar surface area (TPSA) is 20.3 Å². The van der Waals surface area contributed by atoms with Gasteiger partial charge in [0.1, 0.15) is 0 Å². The van der Waals surface area contributed by atoms with Crippen molar-refractivity contribution >= 4 is 5.91 Å². The molecule has 19 heavy (non-hydrogen) atoms. The van der Waals surface area contributed by atoms with E-state index < -0.39 is 0 Å². The van der Waals surface area contributed by atoms with E-state index >= 15 is 0 Å². The van der Waals surface area contributed by atoms with Crippen LogP contribution in [0.2, 0.25) is 0 Å². The van der Waals surface area contributed by atoms with Gasteiger partial charge in [-0.1, -0.05) is 42.7 Å². The van der Waals surface area contributed by atoms with Crippen molar-refractivity contribution in [3.8, 4) is 0 Å². The Morgan fingerprint density at radius 2 is 2.21 bits per heavy atom. The quantitative estimate of drug-likeness (QED) is 0.784. The Hall–Kier alpha value is -1.31. The first kappa shape index (κ1) is 12.7. The van der Waals surface area contributed by atoms with Crippen LogP contribution in [0.3, 0.4) is 0 Å². The average molecular weight is 257 g/mol. The molecule has 0 N–H and O–H groups in total. The number of carbonyl (C=O) groups excluding carboxylic acids is 1. The van der Waals surface area contributed by atoms with Crippen LogP contribution in [0.4, 0.5) is 0 Å². The number of hydrogen-bond acceptors (Lipinski definition) is 1. The number of rotatable bonds is 5. The maximum Gasteiger partial charge on any atom is 0.223 e. The third-order valence-electron chi connectivity index (χ3n) is 4.46. The van der Waals surface area contributed by atoms with E-state index in [1.54, 1.807) is 0 Å². The third-order valence-corrected chi connectivity index (χ3v) is 4.46. The molecule has 0 aromatic heterocycles. The van der Waals surface area contributed by atoms with E-state index in [4.69, 9.17) is 0 Å². The van der Waals surface area contributed by atoms with E-state index in [1.165, 1.54) is 30.4 Å². The summed E-state index contributed by atoms with van der Waals surface area (Å²) in [5, 5.41) is 0. The van der Waals surface area contributed by atoms with Gasteiger partial charge >= 0.3 is 0 Å². The van der Waals surface area contributed by atoms with Crippen molar-refractivity contribution < 1.29 is 4.79 Å². The molecule has 1 amide bonds. The van der Waals surface area contributed by atoms with E-state index in [1.807, 2.05) is 0 Å². The third kappa shape index (κ3) is 2.99. The predicted molar refractivity (Wildman–Crippen MR) is 76.8 cm³/mol. The lowest BCUT2D eigenvalue weighted by atomic mass is 9.97. The summed E-state index contributed by atoms with van der Waals surface area (Å²) in [6.07, 6.45) is 6.99. The molecule has 2 heteroatoms. The van der Waals surface area contributed by atoms with Gasteiger partial charge in [0.2, 0.25) is 5.91 Å². The van der Waals surface area contributed by atoms with Crippen LogP contribution in [-0.2, 0) is 4.79 Å². The van der Waals surface area contributed by atoms with Crippen LogP contribution in [0, 0.1) is 12.8 Å². The number of nitrogens with zero attached hydrogens (tertiary/aromatic N) is 1. The largest absolute Gasteiger partial charge is 0.336 e. The van der Waals surface area contributed by atoms with Gasteiger partial charge in [-0.15, -0.1) is 0 Å². The minimum absolute atomic E-state index is 0.315. The van der Waals surface area contributed by atoms with Crippen molar-refractivity contribution in [2.24, 2.45) is 5.92 Å². The van der Waals surface area contributed by atoms with E-state index in [0.29, 0.717) is 11.9 Å². The van der Waals surface area contributed by atoms with Crippen LogP contribution in [0.15, 0.2) is 24.3 Å². The monoisotopic (exact) mass is 257 g/mol. The fourth-order valence-electron chi connectivity index (χ4n) is 3.18. The van der Waals surface area contributed by atoms with Gasteiger partial charge in [-0.2, -0.15) is 0 Å². The molecule has 1 saturated carbocycles. The van der Waals surface area contributed by atoms with Crippen LogP contribution in [-0.4, -0.2) is 17.4 Å². The normalized spacial score (nSPS) is 20.9. The zero-order valence-corrected chi connectivity index (χ0v) is 11.8. The van der Waals surface area contributed by atoms with Crippen molar-refractivity contribution in [1.29, 1.82) is 0 Å². The molecule has 1 heterocycles. The molecule has 1 aliphatic heterocycles. The first-order valence-corrected chi connectivity index (χ1v) is 7.60. The summed E-state index contributed by atoms with van der Waals surface area (Å²) >= 11 is 0. The maximum atomic E-state index is 12.1. The molecule has 0 spiro atoms.